The molecule has 2 aliphatic rings. The highest BCUT2D eigenvalue weighted by Crippen LogP contribution is 2.28. The van der Waals surface area contributed by atoms with Crippen molar-refractivity contribution in [1.82, 2.24) is 5.32 Å². The highest BCUT2D eigenvalue weighted by molar-refractivity contribution is 5.85. The highest BCUT2D eigenvalue weighted by Gasteiger charge is 2.33. The molecule has 2 bridgehead atoms. The molecule has 2 nitrogen and oxygen atoms in total. The summed E-state index contributed by atoms with van der Waals surface area (Å²) in [6.07, 6.45) is 5.54. The molecular weight excluding hydrogens is 246 g/mol. The summed E-state index contributed by atoms with van der Waals surface area (Å²) in [6.45, 7) is 2.90. The third-order valence-electron chi connectivity index (χ3n) is 4.00. The predicted octanol–water partition coefficient (Wildman–Crippen LogP) is 3.22. The molecule has 3 heteroatoms. The van der Waals surface area contributed by atoms with Gasteiger partial charge in [0.15, 0.2) is 0 Å². The lowest BCUT2D eigenvalue weighted by molar-refractivity contribution is 0.00915. The summed E-state index contributed by atoms with van der Waals surface area (Å²) in [7, 11) is 0. The van der Waals surface area contributed by atoms with Crippen molar-refractivity contribution in [1.29, 1.82) is 0 Å². The van der Waals surface area contributed by atoms with Crippen LogP contribution in [0.2, 0.25) is 0 Å². The summed E-state index contributed by atoms with van der Waals surface area (Å²) in [5, 5.41) is 3.65. The number of hydrogen-bond acceptors (Lipinski definition) is 2. The zero-order valence-electron chi connectivity index (χ0n) is 10.9. The van der Waals surface area contributed by atoms with Crippen LogP contribution in [0.4, 0.5) is 0 Å². The molecule has 0 unspecified atom stereocenters. The van der Waals surface area contributed by atoms with Crippen LogP contribution >= 0.6 is 12.4 Å². The summed E-state index contributed by atoms with van der Waals surface area (Å²) in [6, 6.07) is 10.1. The van der Waals surface area contributed by atoms with Crippen LogP contribution < -0.4 is 5.32 Å². The van der Waals surface area contributed by atoms with E-state index in [1.54, 1.807) is 0 Å². The van der Waals surface area contributed by atoms with Gasteiger partial charge in [-0.05, 0) is 38.2 Å². The number of ether oxygens (including phenoxy) is 1. The molecule has 1 N–H and O–H groups in total. The minimum absolute atomic E-state index is 0. The van der Waals surface area contributed by atoms with Crippen LogP contribution in [0.1, 0.15) is 36.8 Å². The Hall–Kier alpha value is -0.570. The van der Waals surface area contributed by atoms with Gasteiger partial charge in [-0.15, -0.1) is 12.4 Å². The predicted molar refractivity (Wildman–Crippen MR) is 76.2 cm³/mol. The maximum Gasteiger partial charge on any atom is 0.0720 e. The van der Waals surface area contributed by atoms with Crippen LogP contribution in [0.5, 0.6) is 0 Å². The Morgan fingerprint density at radius 1 is 1.22 bits per heavy atom. The molecule has 18 heavy (non-hydrogen) atoms. The second-order valence-electron chi connectivity index (χ2n) is 5.53. The number of rotatable bonds is 3. The van der Waals surface area contributed by atoms with E-state index in [0.29, 0.717) is 6.10 Å². The quantitative estimate of drug-likeness (QED) is 0.908. The van der Waals surface area contributed by atoms with E-state index in [-0.39, 0.29) is 12.4 Å². The van der Waals surface area contributed by atoms with Crippen LogP contribution in [-0.4, -0.2) is 18.2 Å². The smallest absolute Gasteiger partial charge is 0.0720 e. The van der Waals surface area contributed by atoms with Gasteiger partial charge in [0, 0.05) is 12.1 Å². The van der Waals surface area contributed by atoms with Crippen LogP contribution in [0.25, 0.3) is 0 Å². The van der Waals surface area contributed by atoms with E-state index < -0.39 is 0 Å². The minimum Gasteiger partial charge on any atom is -0.373 e. The van der Waals surface area contributed by atoms with Crippen molar-refractivity contribution in [2.24, 2.45) is 0 Å². The van der Waals surface area contributed by atoms with Gasteiger partial charge in [-0.1, -0.05) is 29.8 Å². The molecule has 1 aromatic carbocycles. The summed E-state index contributed by atoms with van der Waals surface area (Å²) in [5.41, 5.74) is 2.62. The molecule has 2 saturated heterocycles. The number of piperidine rings is 1. The van der Waals surface area contributed by atoms with Gasteiger partial charge in [0.05, 0.1) is 12.7 Å². The van der Waals surface area contributed by atoms with Crippen molar-refractivity contribution < 1.29 is 4.74 Å². The summed E-state index contributed by atoms with van der Waals surface area (Å²) < 4.78 is 6.06. The van der Waals surface area contributed by atoms with Crippen LogP contribution in [0, 0.1) is 6.92 Å². The number of fused-ring (bicyclic) bond motifs is 2. The van der Waals surface area contributed by atoms with Gasteiger partial charge in [0.2, 0.25) is 0 Å². The first kappa shape index (κ1) is 13.9. The van der Waals surface area contributed by atoms with E-state index in [0.717, 1.165) is 18.7 Å². The van der Waals surface area contributed by atoms with Gasteiger partial charge in [0.1, 0.15) is 0 Å². The Morgan fingerprint density at radius 2 is 1.94 bits per heavy atom. The van der Waals surface area contributed by atoms with Crippen molar-refractivity contribution in [3.63, 3.8) is 0 Å². The van der Waals surface area contributed by atoms with E-state index in [4.69, 9.17) is 4.74 Å². The fourth-order valence-corrected chi connectivity index (χ4v) is 3.16. The van der Waals surface area contributed by atoms with Gasteiger partial charge < -0.3 is 10.1 Å². The first-order chi connectivity index (χ1) is 8.29. The molecular formula is C15H22ClNO. The van der Waals surface area contributed by atoms with Crippen LogP contribution in [0.15, 0.2) is 24.3 Å². The van der Waals surface area contributed by atoms with E-state index in [2.05, 4.69) is 36.5 Å². The molecule has 0 spiro atoms. The summed E-state index contributed by atoms with van der Waals surface area (Å²) >= 11 is 0. The second kappa shape index (κ2) is 6.05. The molecule has 0 amide bonds. The average Bonchev–Trinajstić information content (AvgIpc) is 2.66. The molecule has 0 aliphatic carbocycles. The Balaban J connectivity index is 0.00000120. The molecule has 1 aromatic rings. The lowest BCUT2D eigenvalue weighted by atomic mass is 10.0. The van der Waals surface area contributed by atoms with Gasteiger partial charge in [-0.3, -0.25) is 0 Å². The average molecular weight is 268 g/mol. The monoisotopic (exact) mass is 267 g/mol. The third kappa shape index (κ3) is 3.25. The lowest BCUT2D eigenvalue weighted by Crippen LogP contribution is -2.41. The van der Waals surface area contributed by atoms with Gasteiger partial charge in [0.25, 0.3) is 0 Å². The standard InChI is InChI=1S/C15H21NO.ClH/c1-11-3-2-4-12(7-11)10-17-15-8-13-5-6-14(9-15)16-13;/h2-4,7,13-16H,5-6,8-10H2,1H3;1H/t13-,14+,15+;. The summed E-state index contributed by atoms with van der Waals surface area (Å²) in [4.78, 5) is 0. The van der Waals surface area contributed by atoms with E-state index in [1.165, 1.54) is 36.8 Å². The fourth-order valence-electron chi connectivity index (χ4n) is 3.16. The molecule has 3 atom stereocenters. The third-order valence-corrected chi connectivity index (χ3v) is 4.00. The van der Waals surface area contributed by atoms with E-state index in [1.807, 2.05) is 0 Å². The molecule has 2 aliphatic heterocycles. The molecule has 2 fully saturated rings. The Kier molecular flexibility index (Phi) is 4.66. The van der Waals surface area contributed by atoms with Crippen molar-refractivity contribution in [3.8, 4) is 0 Å². The van der Waals surface area contributed by atoms with Gasteiger partial charge >= 0.3 is 0 Å². The summed E-state index contributed by atoms with van der Waals surface area (Å²) in [5.74, 6) is 0. The lowest BCUT2D eigenvalue weighted by Gasteiger charge is -2.29. The van der Waals surface area contributed by atoms with E-state index >= 15 is 0 Å². The number of hydrogen-bond donors (Lipinski definition) is 1. The number of benzene rings is 1. The van der Waals surface area contributed by atoms with Crippen LogP contribution in [0.3, 0.4) is 0 Å². The molecule has 0 saturated carbocycles. The second-order valence-corrected chi connectivity index (χ2v) is 5.53. The zero-order chi connectivity index (χ0) is 11.7. The number of aryl methyl sites for hydroxylation is 1. The van der Waals surface area contributed by atoms with Crippen molar-refractivity contribution in [3.05, 3.63) is 35.4 Å². The molecule has 100 valence electrons. The van der Waals surface area contributed by atoms with Gasteiger partial charge in [-0.25, -0.2) is 0 Å². The van der Waals surface area contributed by atoms with Crippen molar-refractivity contribution in [2.45, 2.75) is 57.4 Å². The minimum atomic E-state index is 0. The fraction of sp³-hybridized carbons (Fsp3) is 0.600. The first-order valence-corrected chi connectivity index (χ1v) is 6.73. The van der Waals surface area contributed by atoms with Crippen molar-refractivity contribution in [2.75, 3.05) is 0 Å². The normalized spacial score (nSPS) is 29.9. The number of halogens is 1. The van der Waals surface area contributed by atoms with Crippen molar-refractivity contribution >= 4 is 12.4 Å². The first-order valence-electron chi connectivity index (χ1n) is 6.73. The van der Waals surface area contributed by atoms with E-state index in [9.17, 15) is 0 Å². The zero-order valence-corrected chi connectivity index (χ0v) is 11.7. The largest absolute Gasteiger partial charge is 0.373 e. The Labute approximate surface area is 116 Å². The SMILES string of the molecule is Cc1cccc(CO[C@H]2C[C@H]3CC[C@@H](C2)N3)c1.Cl. The maximum atomic E-state index is 6.06. The topological polar surface area (TPSA) is 21.3 Å². The molecule has 2 heterocycles. The molecule has 0 aromatic heterocycles. The van der Waals surface area contributed by atoms with Crippen LogP contribution in [-0.2, 0) is 11.3 Å². The maximum absolute atomic E-state index is 6.06. The Morgan fingerprint density at radius 3 is 2.61 bits per heavy atom. The Bertz CT molecular complexity index is 384. The number of nitrogens with one attached hydrogen (secondary N) is 1. The highest BCUT2D eigenvalue weighted by atomic mass is 35.5. The molecule has 3 rings (SSSR count). The molecule has 0 radical (unpaired) electrons. The van der Waals surface area contributed by atoms with Gasteiger partial charge in [-0.2, -0.15) is 0 Å².